The number of nitrogens with two attached hydrogens (primary N) is 1. The van der Waals surface area contributed by atoms with Gasteiger partial charge in [0.05, 0.1) is 53.3 Å². The lowest BCUT2D eigenvalue weighted by Gasteiger charge is -2.26. The number of amides is 2. The second-order valence-corrected chi connectivity index (χ2v) is 7.97. The highest BCUT2D eigenvalue weighted by Gasteiger charge is 2.25. The number of anilines is 3. The lowest BCUT2D eigenvalue weighted by atomic mass is 10.1. The predicted molar refractivity (Wildman–Crippen MR) is 131 cm³/mol. The van der Waals surface area contributed by atoms with Crippen molar-refractivity contribution < 1.29 is 19.1 Å². The van der Waals surface area contributed by atoms with Gasteiger partial charge in [-0.15, -0.1) is 4.80 Å². The van der Waals surface area contributed by atoms with Crippen LogP contribution >= 0.6 is 0 Å². The molecule has 190 valence electrons. The van der Waals surface area contributed by atoms with Gasteiger partial charge in [0.25, 0.3) is 5.91 Å². The zero-order valence-corrected chi connectivity index (χ0v) is 19.8. The number of pyridine rings is 3. The number of nitrogens with zero attached hydrogens (tertiary/aromatic N) is 6. The summed E-state index contributed by atoms with van der Waals surface area (Å²) in [5.41, 5.74) is 7.35. The molecule has 37 heavy (non-hydrogen) atoms. The molecule has 4 aromatic rings. The number of hydrogen-bond acceptors (Lipinski definition) is 9. The molecule has 0 aliphatic heterocycles. The number of halogens is 1. The molecule has 0 aliphatic carbocycles. The molecule has 4 rings (SSSR count). The number of rotatable bonds is 9. The van der Waals surface area contributed by atoms with Gasteiger partial charge in [-0.1, -0.05) is 6.07 Å². The molecule has 0 saturated carbocycles. The van der Waals surface area contributed by atoms with Crippen molar-refractivity contribution in [3.8, 4) is 5.69 Å². The largest absolute Gasteiger partial charge is 0.465 e. The van der Waals surface area contributed by atoms with Gasteiger partial charge in [-0.2, -0.15) is 10.2 Å². The van der Waals surface area contributed by atoms with Crippen LogP contribution in [0.4, 0.5) is 26.5 Å². The molecule has 14 heteroatoms. The Kier molecular flexibility index (Phi) is 7.18. The fourth-order valence-electron chi connectivity index (χ4n) is 3.58. The van der Waals surface area contributed by atoms with E-state index in [1.165, 1.54) is 29.6 Å². The maximum Gasteiger partial charge on any atom is 0.404 e. The van der Waals surface area contributed by atoms with Crippen LogP contribution in [0.15, 0.2) is 55.1 Å². The summed E-state index contributed by atoms with van der Waals surface area (Å²) < 4.78 is 15.1. The van der Waals surface area contributed by atoms with Crippen molar-refractivity contribution in [2.45, 2.75) is 25.9 Å². The van der Waals surface area contributed by atoms with Crippen LogP contribution in [0, 0.1) is 12.7 Å². The minimum atomic E-state index is -1.26. The first-order valence-electron chi connectivity index (χ1n) is 11.0. The van der Waals surface area contributed by atoms with E-state index >= 15 is 4.39 Å². The molecule has 0 spiro atoms. The van der Waals surface area contributed by atoms with E-state index < -0.39 is 29.9 Å². The number of carbonyl (C=O) groups excluding carboxylic acids is 1. The topological polar surface area (TPSA) is 186 Å². The molecule has 4 heterocycles. The lowest BCUT2D eigenvalue weighted by Crippen LogP contribution is -2.39. The van der Waals surface area contributed by atoms with E-state index in [1.807, 2.05) is 0 Å². The first-order chi connectivity index (χ1) is 17.7. The number of carboxylic acid groups (broad SMARTS) is 1. The molecule has 0 aromatic carbocycles. The zero-order chi connectivity index (χ0) is 26.5. The minimum absolute atomic E-state index is 0.0416. The number of aryl methyl sites for hydroxylation is 1. The molecule has 2 amide bonds. The highest BCUT2D eigenvalue weighted by Crippen LogP contribution is 2.28. The Morgan fingerprint density at radius 1 is 1.11 bits per heavy atom. The van der Waals surface area contributed by atoms with Gasteiger partial charge in [0, 0.05) is 6.20 Å². The average molecular weight is 507 g/mol. The molecule has 0 bridgehead atoms. The van der Waals surface area contributed by atoms with E-state index in [0.717, 1.165) is 6.07 Å². The summed E-state index contributed by atoms with van der Waals surface area (Å²) in [7, 11) is 0. The third-order valence-corrected chi connectivity index (χ3v) is 5.35. The summed E-state index contributed by atoms with van der Waals surface area (Å²) in [5.74, 6) is -2.07. The molecule has 0 saturated heterocycles. The molecule has 0 radical (unpaired) electrons. The van der Waals surface area contributed by atoms with Crippen molar-refractivity contribution in [1.82, 2.24) is 35.3 Å². The van der Waals surface area contributed by atoms with Gasteiger partial charge < -0.3 is 26.8 Å². The summed E-state index contributed by atoms with van der Waals surface area (Å²) in [6.07, 6.45) is 4.80. The van der Waals surface area contributed by atoms with E-state index in [9.17, 15) is 14.7 Å². The quantitative estimate of drug-likeness (QED) is 0.226. The van der Waals surface area contributed by atoms with Crippen molar-refractivity contribution in [3.05, 3.63) is 77.9 Å². The van der Waals surface area contributed by atoms with E-state index in [-0.39, 0.29) is 17.2 Å². The van der Waals surface area contributed by atoms with Crippen LogP contribution in [-0.4, -0.2) is 53.1 Å². The van der Waals surface area contributed by atoms with Crippen molar-refractivity contribution >= 4 is 29.3 Å². The SMILES string of the molecule is Cc1ncc(Nc2nc(N[C@H](c3ccccn3)[C@H](C)NC(=O)O)c(F)cc2C(N)=O)cc1-n1nccn1. The highest BCUT2D eigenvalue weighted by atomic mass is 19.1. The van der Waals surface area contributed by atoms with Crippen LogP contribution in [0.1, 0.15) is 34.7 Å². The normalized spacial score (nSPS) is 12.4. The van der Waals surface area contributed by atoms with Crippen LogP contribution in [0.2, 0.25) is 0 Å². The molecule has 13 nitrogen and oxygen atoms in total. The van der Waals surface area contributed by atoms with Crippen LogP contribution in [0.25, 0.3) is 5.69 Å². The van der Waals surface area contributed by atoms with Gasteiger partial charge in [-0.05, 0) is 38.1 Å². The van der Waals surface area contributed by atoms with Gasteiger partial charge in [-0.25, -0.2) is 14.2 Å². The molecular weight excluding hydrogens is 483 g/mol. The second-order valence-electron chi connectivity index (χ2n) is 7.97. The van der Waals surface area contributed by atoms with E-state index in [2.05, 4.69) is 41.1 Å². The predicted octanol–water partition coefficient (Wildman–Crippen LogP) is 2.55. The Morgan fingerprint density at radius 2 is 1.86 bits per heavy atom. The Balaban J connectivity index is 1.72. The van der Waals surface area contributed by atoms with Crippen LogP contribution in [0.3, 0.4) is 0 Å². The fraction of sp³-hybridized carbons (Fsp3) is 0.174. The average Bonchev–Trinajstić information content (AvgIpc) is 3.40. The third kappa shape index (κ3) is 5.75. The maximum absolute atomic E-state index is 15.1. The molecule has 4 aromatic heterocycles. The van der Waals surface area contributed by atoms with Crippen molar-refractivity contribution in [2.75, 3.05) is 10.6 Å². The minimum Gasteiger partial charge on any atom is -0.465 e. The molecule has 0 aliphatic rings. The van der Waals surface area contributed by atoms with Crippen LogP contribution < -0.4 is 21.7 Å². The molecule has 6 N–H and O–H groups in total. The number of hydrogen-bond donors (Lipinski definition) is 5. The smallest absolute Gasteiger partial charge is 0.404 e. The summed E-state index contributed by atoms with van der Waals surface area (Å²) in [4.78, 5) is 37.5. The van der Waals surface area contributed by atoms with E-state index in [0.29, 0.717) is 22.8 Å². The summed E-state index contributed by atoms with van der Waals surface area (Å²) >= 11 is 0. The summed E-state index contributed by atoms with van der Waals surface area (Å²) in [5, 5.41) is 25.6. The Labute approximate surface area is 210 Å². The second kappa shape index (κ2) is 10.6. The Morgan fingerprint density at radius 3 is 2.51 bits per heavy atom. The monoisotopic (exact) mass is 506 g/mol. The van der Waals surface area contributed by atoms with Gasteiger partial charge in [0.1, 0.15) is 11.5 Å². The van der Waals surface area contributed by atoms with Crippen molar-refractivity contribution in [3.63, 3.8) is 0 Å². The molecule has 0 unspecified atom stereocenters. The van der Waals surface area contributed by atoms with E-state index in [4.69, 9.17) is 5.73 Å². The molecule has 0 fully saturated rings. The zero-order valence-electron chi connectivity index (χ0n) is 19.8. The highest BCUT2D eigenvalue weighted by molar-refractivity contribution is 5.98. The number of primary amides is 1. The first-order valence-corrected chi connectivity index (χ1v) is 11.0. The maximum atomic E-state index is 15.1. The summed E-state index contributed by atoms with van der Waals surface area (Å²) in [6.45, 7) is 3.37. The Hall–Kier alpha value is -5.14. The fourth-order valence-corrected chi connectivity index (χ4v) is 3.58. The van der Waals surface area contributed by atoms with Crippen molar-refractivity contribution in [2.24, 2.45) is 5.73 Å². The van der Waals surface area contributed by atoms with Gasteiger partial charge in [0.15, 0.2) is 11.6 Å². The molecular formula is C23H23FN10O3. The van der Waals surface area contributed by atoms with E-state index in [1.54, 1.807) is 38.1 Å². The van der Waals surface area contributed by atoms with Crippen LogP contribution in [0.5, 0.6) is 0 Å². The van der Waals surface area contributed by atoms with Gasteiger partial charge >= 0.3 is 6.09 Å². The standard InChI is InChI=1S/C23H23FN10O3/c1-12-18(34-28-7-8-29-34)9-14(11-27-12)31-21-15(20(25)35)10-16(24)22(33-21)32-19(13(2)30-23(36)37)17-5-3-4-6-26-17/h3-11,13,19,30H,1-2H3,(H2,25,35)(H,36,37)(H2,31,32,33)/t13-,19-/m0/s1. The van der Waals surface area contributed by atoms with Crippen LogP contribution in [-0.2, 0) is 0 Å². The number of aromatic nitrogens is 6. The third-order valence-electron chi connectivity index (χ3n) is 5.35. The Bertz CT molecular complexity index is 1420. The van der Waals surface area contributed by atoms with Gasteiger partial charge in [0.2, 0.25) is 0 Å². The summed E-state index contributed by atoms with van der Waals surface area (Å²) in [6, 6.07) is 6.17. The van der Waals surface area contributed by atoms with Crippen molar-refractivity contribution in [1.29, 1.82) is 0 Å². The lowest BCUT2D eigenvalue weighted by molar-refractivity contribution is 0.1000. The van der Waals surface area contributed by atoms with Gasteiger partial charge in [-0.3, -0.25) is 14.8 Å². The first kappa shape index (κ1) is 25.0. The number of carbonyl (C=O) groups is 2. The number of nitrogens with one attached hydrogen (secondary N) is 3. The molecule has 2 atom stereocenters.